The van der Waals surface area contributed by atoms with Gasteiger partial charge in [0.2, 0.25) is 0 Å². The van der Waals surface area contributed by atoms with Crippen LogP contribution in [-0.2, 0) is 0 Å². The summed E-state index contributed by atoms with van der Waals surface area (Å²) in [4.78, 5) is 7.92. The van der Waals surface area contributed by atoms with Gasteiger partial charge in [0, 0.05) is 12.3 Å². The van der Waals surface area contributed by atoms with Crippen molar-refractivity contribution in [1.29, 1.82) is 0 Å². The number of thioether (sulfide) groups is 1. The maximum absolute atomic E-state index is 4.57. The molecule has 1 aromatic carbocycles. The van der Waals surface area contributed by atoms with Crippen molar-refractivity contribution in [3.8, 4) is 0 Å². The van der Waals surface area contributed by atoms with Crippen molar-refractivity contribution in [2.24, 2.45) is 0 Å². The smallest absolute Gasteiger partial charge is 0.166 e. The van der Waals surface area contributed by atoms with E-state index in [0.29, 0.717) is 0 Å². The van der Waals surface area contributed by atoms with E-state index in [1.165, 1.54) is 11.1 Å². The number of nitrogens with zero attached hydrogens (tertiary/aromatic N) is 1. The maximum atomic E-state index is 4.57. The Labute approximate surface area is 118 Å². The molecule has 0 saturated heterocycles. The van der Waals surface area contributed by atoms with E-state index in [1.807, 2.05) is 0 Å². The standard InChI is InChI=1S/C15H21N3S/c1-4-7-16-9-12(3)10-19-15-17-13-6-5-11(2)8-14(13)18-15/h5-6,8,16H,3-4,7,9-10H2,1-2H3,(H,17,18). The molecule has 0 unspecified atom stereocenters. The fourth-order valence-electron chi connectivity index (χ4n) is 1.83. The molecule has 0 atom stereocenters. The normalized spacial score (nSPS) is 11.1. The number of fused-ring (bicyclic) bond motifs is 1. The monoisotopic (exact) mass is 275 g/mol. The highest BCUT2D eigenvalue weighted by Crippen LogP contribution is 2.21. The molecule has 0 radical (unpaired) electrons. The Morgan fingerprint density at radius 3 is 3.11 bits per heavy atom. The quantitative estimate of drug-likeness (QED) is 0.461. The minimum absolute atomic E-state index is 0.889. The molecule has 2 aromatic rings. The van der Waals surface area contributed by atoms with Crippen LogP contribution in [0.1, 0.15) is 18.9 Å². The zero-order chi connectivity index (χ0) is 13.7. The summed E-state index contributed by atoms with van der Waals surface area (Å²) in [7, 11) is 0. The number of rotatable bonds is 7. The zero-order valence-electron chi connectivity index (χ0n) is 11.6. The lowest BCUT2D eigenvalue weighted by Gasteiger charge is -2.05. The van der Waals surface area contributed by atoms with Crippen LogP contribution in [0.3, 0.4) is 0 Å². The first kappa shape index (κ1) is 14.2. The molecule has 0 bridgehead atoms. The molecule has 2 N–H and O–H groups in total. The highest BCUT2D eigenvalue weighted by atomic mass is 32.2. The molecule has 1 aromatic heterocycles. The Kier molecular flexibility index (Phi) is 5.05. The Morgan fingerprint density at radius 2 is 2.32 bits per heavy atom. The van der Waals surface area contributed by atoms with Gasteiger partial charge in [0.05, 0.1) is 11.0 Å². The first-order valence-electron chi connectivity index (χ1n) is 6.65. The van der Waals surface area contributed by atoms with Crippen molar-refractivity contribution >= 4 is 22.8 Å². The third-order valence-electron chi connectivity index (χ3n) is 2.83. The Hall–Kier alpha value is -1.26. The molecule has 4 heteroatoms. The first-order valence-corrected chi connectivity index (χ1v) is 7.64. The second-order valence-corrected chi connectivity index (χ2v) is 5.74. The summed E-state index contributed by atoms with van der Waals surface area (Å²) < 4.78 is 0. The van der Waals surface area contributed by atoms with Crippen LogP contribution in [0.2, 0.25) is 0 Å². The summed E-state index contributed by atoms with van der Waals surface area (Å²) in [5, 5.41) is 4.33. The van der Waals surface area contributed by atoms with Gasteiger partial charge in [0.1, 0.15) is 0 Å². The van der Waals surface area contributed by atoms with E-state index in [4.69, 9.17) is 0 Å². The van der Waals surface area contributed by atoms with Crippen LogP contribution in [0.4, 0.5) is 0 Å². The summed E-state index contributed by atoms with van der Waals surface area (Å²) in [6.07, 6.45) is 1.16. The van der Waals surface area contributed by atoms with Crippen LogP contribution < -0.4 is 5.32 Å². The van der Waals surface area contributed by atoms with E-state index in [0.717, 1.165) is 41.5 Å². The molecule has 0 fully saturated rings. The number of H-pyrrole nitrogens is 1. The number of nitrogens with one attached hydrogen (secondary N) is 2. The van der Waals surface area contributed by atoms with Gasteiger partial charge in [-0.25, -0.2) is 4.98 Å². The molecule has 0 aliphatic heterocycles. The van der Waals surface area contributed by atoms with Crippen molar-refractivity contribution in [1.82, 2.24) is 15.3 Å². The molecule has 0 aliphatic rings. The van der Waals surface area contributed by atoms with E-state index >= 15 is 0 Å². The average Bonchev–Trinajstić information content (AvgIpc) is 2.78. The minimum atomic E-state index is 0.889. The summed E-state index contributed by atoms with van der Waals surface area (Å²) in [6.45, 7) is 10.3. The molecule has 19 heavy (non-hydrogen) atoms. The van der Waals surface area contributed by atoms with Crippen molar-refractivity contribution in [2.75, 3.05) is 18.8 Å². The van der Waals surface area contributed by atoms with Crippen molar-refractivity contribution in [3.63, 3.8) is 0 Å². The molecule has 0 aliphatic carbocycles. The molecule has 0 amide bonds. The predicted molar refractivity (Wildman–Crippen MR) is 83.9 cm³/mol. The number of aryl methyl sites for hydroxylation is 1. The van der Waals surface area contributed by atoms with E-state index in [-0.39, 0.29) is 0 Å². The summed E-state index contributed by atoms with van der Waals surface area (Å²) in [5.41, 5.74) is 4.59. The van der Waals surface area contributed by atoms with Gasteiger partial charge in [-0.2, -0.15) is 0 Å². The maximum Gasteiger partial charge on any atom is 0.166 e. The van der Waals surface area contributed by atoms with Gasteiger partial charge >= 0.3 is 0 Å². The Bertz CT molecular complexity index is 560. The molecular weight excluding hydrogens is 254 g/mol. The van der Waals surface area contributed by atoms with Gasteiger partial charge < -0.3 is 10.3 Å². The summed E-state index contributed by atoms with van der Waals surface area (Å²) in [5.74, 6) is 0.898. The lowest BCUT2D eigenvalue weighted by molar-refractivity contribution is 0.716. The van der Waals surface area contributed by atoms with Crippen LogP contribution in [0.5, 0.6) is 0 Å². The molecule has 3 nitrogen and oxygen atoms in total. The molecule has 1 heterocycles. The van der Waals surface area contributed by atoms with Crippen LogP contribution in [-0.4, -0.2) is 28.8 Å². The predicted octanol–water partition coefficient (Wildman–Crippen LogP) is 3.52. The third-order valence-corrected chi connectivity index (χ3v) is 3.85. The fraction of sp³-hybridized carbons (Fsp3) is 0.400. The topological polar surface area (TPSA) is 40.7 Å². The lowest BCUT2D eigenvalue weighted by atomic mass is 10.2. The third kappa shape index (κ3) is 4.11. The van der Waals surface area contributed by atoms with Crippen LogP contribution >= 0.6 is 11.8 Å². The van der Waals surface area contributed by atoms with Gasteiger partial charge in [-0.15, -0.1) is 0 Å². The van der Waals surface area contributed by atoms with Crippen LogP contribution in [0.25, 0.3) is 11.0 Å². The lowest BCUT2D eigenvalue weighted by Crippen LogP contribution is -2.18. The van der Waals surface area contributed by atoms with Gasteiger partial charge in [-0.3, -0.25) is 0 Å². The summed E-state index contributed by atoms with van der Waals surface area (Å²) >= 11 is 1.71. The fourth-order valence-corrected chi connectivity index (χ4v) is 2.62. The number of imidazole rings is 1. The number of hydrogen-bond acceptors (Lipinski definition) is 3. The molecule has 102 valence electrons. The summed E-state index contributed by atoms with van der Waals surface area (Å²) in [6, 6.07) is 6.28. The largest absolute Gasteiger partial charge is 0.333 e. The van der Waals surface area contributed by atoms with Gasteiger partial charge in [-0.1, -0.05) is 36.9 Å². The second-order valence-electron chi connectivity index (χ2n) is 4.78. The number of benzene rings is 1. The average molecular weight is 275 g/mol. The van der Waals surface area contributed by atoms with Gasteiger partial charge in [0.25, 0.3) is 0 Å². The highest BCUT2D eigenvalue weighted by Gasteiger charge is 2.04. The van der Waals surface area contributed by atoms with Crippen LogP contribution in [0.15, 0.2) is 35.5 Å². The van der Waals surface area contributed by atoms with Gasteiger partial charge in [-0.05, 0) is 37.6 Å². The molecule has 0 spiro atoms. The van der Waals surface area contributed by atoms with Gasteiger partial charge in [0.15, 0.2) is 5.16 Å². The highest BCUT2D eigenvalue weighted by molar-refractivity contribution is 7.99. The second kappa shape index (κ2) is 6.78. The van der Waals surface area contributed by atoms with Crippen molar-refractivity contribution < 1.29 is 0 Å². The van der Waals surface area contributed by atoms with Crippen LogP contribution in [0, 0.1) is 6.92 Å². The molecule has 2 rings (SSSR count). The Balaban J connectivity index is 1.89. The Morgan fingerprint density at radius 1 is 1.47 bits per heavy atom. The van der Waals surface area contributed by atoms with E-state index in [1.54, 1.807) is 11.8 Å². The van der Waals surface area contributed by atoms with E-state index in [9.17, 15) is 0 Å². The SMILES string of the molecule is C=C(CNCCC)CSc1nc2ccc(C)cc2[nH]1. The molecular formula is C15H21N3S. The first-order chi connectivity index (χ1) is 9.19. The van der Waals surface area contributed by atoms with E-state index in [2.05, 4.69) is 53.9 Å². The van der Waals surface area contributed by atoms with E-state index < -0.39 is 0 Å². The molecule has 0 saturated carbocycles. The minimum Gasteiger partial charge on any atom is -0.333 e. The number of aromatic amines is 1. The number of aromatic nitrogens is 2. The van der Waals surface area contributed by atoms with Crippen molar-refractivity contribution in [2.45, 2.75) is 25.4 Å². The number of hydrogen-bond donors (Lipinski definition) is 2. The zero-order valence-corrected chi connectivity index (χ0v) is 12.4. The van der Waals surface area contributed by atoms with Crippen molar-refractivity contribution in [3.05, 3.63) is 35.9 Å².